The molecule has 0 spiro atoms. The molecule has 6 nitrogen and oxygen atoms in total. The number of methoxy groups -OCH3 is 1. The number of nitrogens with one attached hydrogen (secondary N) is 1. The highest BCUT2D eigenvalue weighted by Gasteiger charge is 2.43. The first-order valence-electron chi connectivity index (χ1n) is 6.86. The summed E-state index contributed by atoms with van der Waals surface area (Å²) in [6.45, 7) is 2.58. The van der Waals surface area contributed by atoms with Crippen LogP contribution in [0.1, 0.15) is 47.3 Å². The molecule has 2 aliphatic rings. The van der Waals surface area contributed by atoms with E-state index in [4.69, 9.17) is 9.15 Å². The zero-order chi connectivity index (χ0) is 14.3. The zero-order valence-electron chi connectivity index (χ0n) is 11.6. The smallest absolute Gasteiger partial charge is 0.341 e. The average Bonchev–Trinajstić information content (AvgIpc) is 3.00. The van der Waals surface area contributed by atoms with Crippen LogP contribution in [0.3, 0.4) is 0 Å². The van der Waals surface area contributed by atoms with Gasteiger partial charge in [-0.05, 0) is 25.8 Å². The van der Waals surface area contributed by atoms with Crippen molar-refractivity contribution in [3.05, 3.63) is 23.2 Å². The lowest BCUT2D eigenvalue weighted by molar-refractivity contribution is -0.122. The molecule has 0 radical (unpaired) electrons. The number of furan rings is 1. The van der Waals surface area contributed by atoms with Gasteiger partial charge in [0.1, 0.15) is 23.2 Å². The molecule has 0 saturated carbocycles. The second-order valence-corrected chi connectivity index (χ2v) is 5.27. The molecule has 2 atom stereocenters. The highest BCUT2D eigenvalue weighted by Crippen LogP contribution is 2.33. The first kappa shape index (κ1) is 13.2. The van der Waals surface area contributed by atoms with Crippen LogP contribution in [0.2, 0.25) is 0 Å². The van der Waals surface area contributed by atoms with E-state index < -0.39 is 5.97 Å². The van der Waals surface area contributed by atoms with Crippen molar-refractivity contribution in [1.29, 1.82) is 0 Å². The second kappa shape index (κ2) is 4.94. The molecule has 0 aromatic carbocycles. The summed E-state index contributed by atoms with van der Waals surface area (Å²) in [5.41, 5.74) is 0.414. The van der Waals surface area contributed by atoms with Crippen molar-refractivity contribution in [2.45, 2.75) is 38.4 Å². The predicted octanol–water partition coefficient (Wildman–Crippen LogP) is 1.36. The van der Waals surface area contributed by atoms with E-state index in [9.17, 15) is 9.59 Å². The van der Waals surface area contributed by atoms with Crippen molar-refractivity contribution >= 4 is 11.9 Å². The van der Waals surface area contributed by atoms with Crippen molar-refractivity contribution in [2.24, 2.45) is 0 Å². The van der Waals surface area contributed by atoms with E-state index in [1.165, 1.54) is 7.11 Å². The molecule has 2 fully saturated rings. The highest BCUT2D eigenvalue weighted by atomic mass is 16.5. The van der Waals surface area contributed by atoms with Crippen LogP contribution in [-0.2, 0) is 9.53 Å². The Kier molecular flexibility index (Phi) is 3.25. The van der Waals surface area contributed by atoms with E-state index >= 15 is 0 Å². The number of esters is 1. The van der Waals surface area contributed by atoms with Crippen molar-refractivity contribution in [3.8, 4) is 0 Å². The maximum atomic E-state index is 12.0. The third-order valence-electron chi connectivity index (χ3n) is 4.07. The molecule has 108 valence electrons. The molecule has 3 rings (SSSR count). The number of amides is 1. The van der Waals surface area contributed by atoms with Gasteiger partial charge >= 0.3 is 5.97 Å². The first-order chi connectivity index (χ1) is 9.61. The van der Waals surface area contributed by atoms with Gasteiger partial charge in [-0.25, -0.2) is 4.79 Å². The molecule has 1 aromatic heterocycles. The number of aryl methyl sites for hydroxylation is 1. The van der Waals surface area contributed by atoms with Gasteiger partial charge in [-0.15, -0.1) is 0 Å². The molecule has 1 amide bonds. The summed E-state index contributed by atoms with van der Waals surface area (Å²) >= 11 is 0. The third-order valence-corrected chi connectivity index (χ3v) is 4.07. The van der Waals surface area contributed by atoms with Crippen LogP contribution in [0.4, 0.5) is 0 Å². The molecular formula is C14H18N2O4. The van der Waals surface area contributed by atoms with Gasteiger partial charge in [0, 0.05) is 6.54 Å². The number of piperidine rings is 1. The molecule has 2 saturated heterocycles. The Morgan fingerprint density at radius 2 is 2.30 bits per heavy atom. The summed E-state index contributed by atoms with van der Waals surface area (Å²) in [7, 11) is 1.34. The first-order valence-corrected chi connectivity index (χ1v) is 6.86. The molecular weight excluding hydrogens is 260 g/mol. The predicted molar refractivity (Wildman–Crippen MR) is 70.0 cm³/mol. The van der Waals surface area contributed by atoms with Gasteiger partial charge in [0.2, 0.25) is 5.91 Å². The van der Waals surface area contributed by atoms with Gasteiger partial charge in [-0.1, -0.05) is 6.42 Å². The van der Waals surface area contributed by atoms with Crippen LogP contribution >= 0.6 is 0 Å². The molecule has 20 heavy (non-hydrogen) atoms. The zero-order valence-corrected chi connectivity index (χ0v) is 11.6. The monoisotopic (exact) mass is 278 g/mol. The summed E-state index contributed by atoms with van der Waals surface area (Å²) in [6.07, 6.45) is 2.76. The summed E-state index contributed by atoms with van der Waals surface area (Å²) < 4.78 is 10.4. The van der Waals surface area contributed by atoms with E-state index in [1.807, 2.05) is 0 Å². The van der Waals surface area contributed by atoms with Crippen molar-refractivity contribution in [1.82, 2.24) is 10.2 Å². The summed E-state index contributed by atoms with van der Waals surface area (Å²) in [5.74, 6) is 0.739. The van der Waals surface area contributed by atoms with Gasteiger partial charge in [0.25, 0.3) is 0 Å². The molecule has 3 heterocycles. The molecule has 2 unspecified atom stereocenters. The Morgan fingerprint density at radius 3 is 3.05 bits per heavy atom. The fraction of sp³-hybridized carbons (Fsp3) is 0.571. The lowest BCUT2D eigenvalue weighted by Gasteiger charge is -2.30. The maximum absolute atomic E-state index is 12.0. The van der Waals surface area contributed by atoms with Crippen LogP contribution in [0.15, 0.2) is 10.5 Å². The number of fused-ring (bicyclic) bond motifs is 1. The van der Waals surface area contributed by atoms with Crippen LogP contribution in [0.25, 0.3) is 0 Å². The Balaban J connectivity index is 1.89. The Hall–Kier alpha value is -1.82. The van der Waals surface area contributed by atoms with Crippen molar-refractivity contribution < 1.29 is 18.7 Å². The Labute approximate surface area is 117 Å². The van der Waals surface area contributed by atoms with Gasteiger partial charge in [-0.3, -0.25) is 9.69 Å². The third kappa shape index (κ3) is 2.00. The minimum atomic E-state index is -0.419. The molecule has 0 aliphatic carbocycles. The summed E-state index contributed by atoms with van der Waals surface area (Å²) in [4.78, 5) is 25.7. The normalized spacial score (nSPS) is 26.2. The minimum Gasteiger partial charge on any atom is -0.465 e. The van der Waals surface area contributed by atoms with E-state index in [0.29, 0.717) is 17.1 Å². The van der Waals surface area contributed by atoms with Gasteiger partial charge in [0.05, 0.1) is 13.2 Å². The van der Waals surface area contributed by atoms with Crippen LogP contribution in [-0.4, -0.2) is 36.5 Å². The lowest BCUT2D eigenvalue weighted by Crippen LogP contribution is -2.38. The number of ether oxygens (including phenoxy) is 1. The number of nitrogens with zero attached hydrogens (tertiary/aromatic N) is 1. The molecule has 1 N–H and O–H groups in total. The van der Waals surface area contributed by atoms with E-state index in [0.717, 1.165) is 25.8 Å². The van der Waals surface area contributed by atoms with Gasteiger partial charge < -0.3 is 14.5 Å². The summed E-state index contributed by atoms with van der Waals surface area (Å²) in [5, 5.41) is 2.95. The van der Waals surface area contributed by atoms with E-state index in [-0.39, 0.29) is 18.1 Å². The van der Waals surface area contributed by atoms with E-state index in [1.54, 1.807) is 13.0 Å². The maximum Gasteiger partial charge on any atom is 0.341 e. The minimum absolute atomic E-state index is 0.0448. The Bertz CT molecular complexity index is 551. The van der Waals surface area contributed by atoms with Crippen molar-refractivity contribution in [2.75, 3.05) is 13.7 Å². The fourth-order valence-corrected chi connectivity index (χ4v) is 3.05. The second-order valence-electron chi connectivity index (χ2n) is 5.27. The fourth-order valence-electron chi connectivity index (χ4n) is 3.05. The van der Waals surface area contributed by atoms with Crippen molar-refractivity contribution in [3.63, 3.8) is 0 Å². The number of carbonyl (C=O) groups excluding carboxylic acids is 2. The number of hydrogen-bond acceptors (Lipinski definition) is 5. The number of hydrogen-bond donors (Lipinski definition) is 1. The van der Waals surface area contributed by atoms with Gasteiger partial charge in [-0.2, -0.15) is 0 Å². The number of rotatable bonds is 2. The highest BCUT2D eigenvalue weighted by molar-refractivity contribution is 5.90. The SMILES string of the molecule is COC(=O)c1cc(C2NC(=O)C3CCCCN32)oc1C. The molecule has 0 bridgehead atoms. The number of carbonyl (C=O) groups is 2. The largest absolute Gasteiger partial charge is 0.465 e. The van der Waals surface area contributed by atoms with E-state index in [2.05, 4.69) is 10.2 Å². The standard InChI is InChI=1S/C14H18N2O4/c1-8-9(14(18)19-2)7-11(20-8)12-15-13(17)10-5-3-4-6-16(10)12/h7,10,12H,3-6H2,1-2H3,(H,15,17). The van der Waals surface area contributed by atoms with Gasteiger partial charge in [0.15, 0.2) is 0 Å². The Morgan fingerprint density at radius 1 is 1.50 bits per heavy atom. The molecule has 6 heteroatoms. The average molecular weight is 278 g/mol. The molecule has 2 aliphatic heterocycles. The van der Waals surface area contributed by atoms with Crippen LogP contribution < -0.4 is 5.32 Å². The quantitative estimate of drug-likeness (QED) is 0.827. The molecule has 1 aromatic rings. The lowest BCUT2D eigenvalue weighted by atomic mass is 10.0. The van der Waals surface area contributed by atoms with Crippen LogP contribution in [0, 0.1) is 6.92 Å². The summed E-state index contributed by atoms with van der Waals surface area (Å²) in [6, 6.07) is 1.60. The van der Waals surface area contributed by atoms with Crippen LogP contribution in [0.5, 0.6) is 0 Å². The topological polar surface area (TPSA) is 71.8 Å².